The first kappa shape index (κ1) is 9.97. The minimum Gasteiger partial charge on any atom is -0.265 e. The molecule has 1 aromatic heterocycles. The van der Waals surface area contributed by atoms with Crippen LogP contribution in [-0.4, -0.2) is 9.78 Å². The van der Waals surface area contributed by atoms with Gasteiger partial charge in [-0.1, -0.05) is 37.3 Å². The molecule has 0 fully saturated rings. The van der Waals surface area contributed by atoms with E-state index in [9.17, 15) is 0 Å². The molecule has 0 radical (unpaired) electrons. The summed E-state index contributed by atoms with van der Waals surface area (Å²) in [6, 6.07) is 12.6. The Morgan fingerprint density at radius 2 is 1.93 bits per heavy atom. The average molecular weight is 200 g/mol. The summed E-state index contributed by atoms with van der Waals surface area (Å²) in [5.41, 5.74) is 3.70. The molecule has 0 bridgehead atoms. The van der Waals surface area contributed by atoms with E-state index in [0.717, 1.165) is 18.7 Å². The first-order valence-corrected chi connectivity index (χ1v) is 5.37. The van der Waals surface area contributed by atoms with E-state index in [4.69, 9.17) is 0 Å². The molecule has 2 heteroatoms. The Balaban J connectivity index is 2.24. The van der Waals surface area contributed by atoms with Gasteiger partial charge in [0.05, 0.1) is 12.2 Å². The van der Waals surface area contributed by atoms with Crippen LogP contribution in [0.5, 0.6) is 0 Å². The molecule has 2 nitrogen and oxygen atoms in total. The van der Waals surface area contributed by atoms with Crippen molar-refractivity contribution in [3.63, 3.8) is 0 Å². The molecule has 0 aliphatic rings. The van der Waals surface area contributed by atoms with Crippen LogP contribution in [0.25, 0.3) is 0 Å². The molecule has 0 saturated heterocycles. The predicted molar refractivity (Wildman–Crippen MR) is 61.9 cm³/mol. The molecule has 0 saturated carbocycles. The van der Waals surface area contributed by atoms with Gasteiger partial charge in [-0.15, -0.1) is 0 Å². The van der Waals surface area contributed by atoms with Gasteiger partial charge in [-0.05, 0) is 25.0 Å². The Kier molecular flexibility index (Phi) is 2.86. The largest absolute Gasteiger partial charge is 0.265 e. The molecule has 0 N–H and O–H groups in total. The Hall–Kier alpha value is -1.57. The van der Waals surface area contributed by atoms with Crippen molar-refractivity contribution in [2.24, 2.45) is 0 Å². The topological polar surface area (TPSA) is 17.8 Å². The number of aryl methyl sites for hydroxylation is 2. The van der Waals surface area contributed by atoms with Crippen molar-refractivity contribution >= 4 is 0 Å². The van der Waals surface area contributed by atoms with Gasteiger partial charge in [-0.2, -0.15) is 5.10 Å². The molecular formula is C13H16N2. The summed E-state index contributed by atoms with van der Waals surface area (Å²) in [6.45, 7) is 5.08. The quantitative estimate of drug-likeness (QED) is 0.745. The van der Waals surface area contributed by atoms with Gasteiger partial charge in [0.1, 0.15) is 0 Å². The first-order valence-electron chi connectivity index (χ1n) is 5.37. The van der Waals surface area contributed by atoms with Crippen molar-refractivity contribution in [3.05, 3.63) is 53.3 Å². The van der Waals surface area contributed by atoms with E-state index in [-0.39, 0.29) is 0 Å². The number of aromatic nitrogens is 2. The highest BCUT2D eigenvalue weighted by atomic mass is 15.3. The molecule has 0 spiro atoms. The summed E-state index contributed by atoms with van der Waals surface area (Å²) in [5, 5.41) is 4.49. The van der Waals surface area contributed by atoms with Crippen LogP contribution in [0.3, 0.4) is 0 Å². The highest BCUT2D eigenvalue weighted by Gasteiger charge is 2.03. The van der Waals surface area contributed by atoms with E-state index in [1.165, 1.54) is 11.3 Å². The molecule has 0 aliphatic carbocycles. The summed E-state index contributed by atoms with van der Waals surface area (Å²) in [7, 11) is 0. The highest BCUT2D eigenvalue weighted by Crippen LogP contribution is 2.08. The van der Waals surface area contributed by atoms with Gasteiger partial charge in [0, 0.05) is 5.69 Å². The first-order chi connectivity index (χ1) is 7.29. The van der Waals surface area contributed by atoms with Crippen LogP contribution in [0.1, 0.15) is 23.9 Å². The zero-order chi connectivity index (χ0) is 10.7. The third kappa shape index (κ3) is 2.27. The second kappa shape index (κ2) is 4.30. The van der Waals surface area contributed by atoms with Crippen molar-refractivity contribution in [1.29, 1.82) is 0 Å². The molecule has 0 unspecified atom stereocenters. The lowest BCUT2D eigenvalue weighted by Gasteiger charge is -2.05. The van der Waals surface area contributed by atoms with Crippen LogP contribution in [0.15, 0.2) is 36.4 Å². The fourth-order valence-corrected chi connectivity index (χ4v) is 1.78. The summed E-state index contributed by atoms with van der Waals surface area (Å²) in [6.07, 6.45) is 1.04. The molecule has 0 aliphatic heterocycles. The van der Waals surface area contributed by atoms with Crippen LogP contribution >= 0.6 is 0 Å². The molecule has 0 atom stereocenters. The van der Waals surface area contributed by atoms with E-state index in [1.807, 2.05) is 13.0 Å². The Labute approximate surface area is 90.6 Å². The molecular weight excluding hydrogens is 184 g/mol. The molecule has 1 heterocycles. The molecule has 15 heavy (non-hydrogen) atoms. The SMILES string of the molecule is CCc1cc(C)nn1Cc1ccccc1. The van der Waals surface area contributed by atoms with Gasteiger partial charge in [0.25, 0.3) is 0 Å². The van der Waals surface area contributed by atoms with Crippen LogP contribution in [0.2, 0.25) is 0 Å². The normalized spacial score (nSPS) is 10.5. The third-order valence-corrected chi connectivity index (χ3v) is 2.52. The number of nitrogens with zero attached hydrogens (tertiary/aromatic N) is 2. The summed E-state index contributed by atoms with van der Waals surface area (Å²) >= 11 is 0. The van der Waals surface area contributed by atoms with Crippen LogP contribution in [0.4, 0.5) is 0 Å². The van der Waals surface area contributed by atoms with Crippen LogP contribution in [-0.2, 0) is 13.0 Å². The van der Waals surface area contributed by atoms with E-state index in [2.05, 4.69) is 47.0 Å². The molecule has 2 aromatic rings. The number of hydrogen-bond donors (Lipinski definition) is 0. The van der Waals surface area contributed by atoms with Gasteiger partial charge in [0.15, 0.2) is 0 Å². The maximum Gasteiger partial charge on any atom is 0.0662 e. The Bertz CT molecular complexity index is 429. The van der Waals surface area contributed by atoms with E-state index in [0.29, 0.717) is 0 Å². The second-order valence-corrected chi connectivity index (χ2v) is 3.77. The lowest BCUT2D eigenvalue weighted by atomic mass is 10.2. The van der Waals surface area contributed by atoms with Crippen LogP contribution in [0, 0.1) is 6.92 Å². The Morgan fingerprint density at radius 1 is 1.20 bits per heavy atom. The zero-order valence-electron chi connectivity index (χ0n) is 9.27. The minimum absolute atomic E-state index is 0.873. The second-order valence-electron chi connectivity index (χ2n) is 3.77. The van der Waals surface area contributed by atoms with Crippen molar-refractivity contribution < 1.29 is 0 Å². The highest BCUT2D eigenvalue weighted by molar-refractivity contribution is 5.17. The fourth-order valence-electron chi connectivity index (χ4n) is 1.78. The fraction of sp³-hybridized carbons (Fsp3) is 0.308. The molecule has 1 aromatic carbocycles. The monoisotopic (exact) mass is 200 g/mol. The number of rotatable bonds is 3. The van der Waals surface area contributed by atoms with Crippen LogP contribution < -0.4 is 0 Å². The van der Waals surface area contributed by atoms with Crippen molar-refractivity contribution in [2.45, 2.75) is 26.8 Å². The molecule has 2 rings (SSSR count). The maximum atomic E-state index is 4.49. The van der Waals surface area contributed by atoms with Gasteiger partial charge in [-0.3, -0.25) is 4.68 Å². The van der Waals surface area contributed by atoms with E-state index in [1.54, 1.807) is 0 Å². The summed E-state index contributed by atoms with van der Waals surface area (Å²) in [5.74, 6) is 0. The van der Waals surface area contributed by atoms with E-state index < -0.39 is 0 Å². The van der Waals surface area contributed by atoms with Gasteiger partial charge in [0.2, 0.25) is 0 Å². The van der Waals surface area contributed by atoms with Crippen molar-refractivity contribution in [3.8, 4) is 0 Å². The van der Waals surface area contributed by atoms with Crippen molar-refractivity contribution in [2.75, 3.05) is 0 Å². The van der Waals surface area contributed by atoms with Crippen molar-refractivity contribution in [1.82, 2.24) is 9.78 Å². The van der Waals surface area contributed by atoms with Gasteiger partial charge in [-0.25, -0.2) is 0 Å². The number of benzene rings is 1. The standard InChI is InChI=1S/C13H16N2/c1-3-13-9-11(2)14-15(13)10-12-7-5-4-6-8-12/h4-9H,3,10H2,1-2H3. The maximum absolute atomic E-state index is 4.49. The minimum atomic E-state index is 0.873. The Morgan fingerprint density at radius 3 is 2.60 bits per heavy atom. The predicted octanol–water partition coefficient (Wildman–Crippen LogP) is 2.80. The smallest absolute Gasteiger partial charge is 0.0662 e. The van der Waals surface area contributed by atoms with E-state index >= 15 is 0 Å². The lowest BCUT2D eigenvalue weighted by molar-refractivity contribution is 0.644. The average Bonchev–Trinajstić information content (AvgIpc) is 2.60. The van der Waals surface area contributed by atoms with Gasteiger partial charge < -0.3 is 0 Å². The third-order valence-electron chi connectivity index (χ3n) is 2.52. The molecule has 78 valence electrons. The van der Waals surface area contributed by atoms with Gasteiger partial charge >= 0.3 is 0 Å². The molecule has 0 amide bonds. The zero-order valence-corrected chi connectivity index (χ0v) is 9.27. The number of hydrogen-bond acceptors (Lipinski definition) is 1. The summed E-state index contributed by atoms with van der Waals surface area (Å²) < 4.78 is 2.09. The summed E-state index contributed by atoms with van der Waals surface area (Å²) in [4.78, 5) is 0. The lowest BCUT2D eigenvalue weighted by Crippen LogP contribution is -2.05.